The first-order chi connectivity index (χ1) is 12.8. The Labute approximate surface area is 186 Å². The summed E-state index contributed by atoms with van der Waals surface area (Å²) in [6.45, 7) is 3.35. The first-order valence-electron chi connectivity index (χ1n) is 8.85. The van der Waals surface area contributed by atoms with Crippen molar-refractivity contribution in [2.24, 2.45) is 4.99 Å². The van der Waals surface area contributed by atoms with Crippen molar-refractivity contribution in [2.45, 2.75) is 19.9 Å². The highest BCUT2D eigenvalue weighted by Gasteiger charge is 2.15. The van der Waals surface area contributed by atoms with Crippen LogP contribution in [0.4, 0.5) is 0 Å². The molecule has 0 spiro atoms. The highest BCUT2D eigenvalue weighted by atomic mass is 127. The molecule has 0 amide bonds. The van der Waals surface area contributed by atoms with Crippen molar-refractivity contribution in [3.05, 3.63) is 23.8 Å². The molecule has 0 fully saturated rings. The highest BCUT2D eigenvalue weighted by Crippen LogP contribution is 2.25. The maximum absolute atomic E-state index is 11.8. The molecular weight excluding hydrogens is 495 g/mol. The average Bonchev–Trinajstić information content (AvgIpc) is 2.67. The fraction of sp³-hybridized carbons (Fsp3) is 0.611. The van der Waals surface area contributed by atoms with Crippen molar-refractivity contribution in [3.8, 4) is 11.5 Å². The Bertz CT molecular complexity index is 728. The van der Waals surface area contributed by atoms with Gasteiger partial charge in [0, 0.05) is 52.4 Å². The van der Waals surface area contributed by atoms with Crippen molar-refractivity contribution < 1.29 is 17.9 Å². The number of ether oxygens (including phenoxy) is 2. The van der Waals surface area contributed by atoms with Crippen LogP contribution in [0.2, 0.25) is 0 Å². The summed E-state index contributed by atoms with van der Waals surface area (Å²) in [5.74, 6) is 2.34. The molecule has 1 aromatic carbocycles. The van der Waals surface area contributed by atoms with E-state index in [2.05, 4.69) is 10.3 Å². The molecule has 0 aliphatic carbocycles. The fourth-order valence-corrected chi connectivity index (χ4v) is 3.41. The largest absolute Gasteiger partial charge is 0.497 e. The first kappa shape index (κ1) is 26.7. The quantitative estimate of drug-likeness (QED) is 0.217. The molecule has 0 bridgehead atoms. The third-order valence-electron chi connectivity index (χ3n) is 4.25. The molecule has 162 valence electrons. The van der Waals surface area contributed by atoms with Crippen LogP contribution >= 0.6 is 24.0 Å². The zero-order valence-electron chi connectivity index (χ0n) is 17.6. The van der Waals surface area contributed by atoms with E-state index in [0.29, 0.717) is 26.1 Å². The van der Waals surface area contributed by atoms with Gasteiger partial charge in [-0.1, -0.05) is 0 Å². The zero-order chi connectivity index (χ0) is 20.4. The molecule has 0 saturated heterocycles. The molecule has 8 nitrogen and oxygen atoms in total. The summed E-state index contributed by atoms with van der Waals surface area (Å²) in [5, 5.41) is 3.26. The Morgan fingerprint density at radius 2 is 1.89 bits per heavy atom. The molecule has 0 atom stereocenters. The molecule has 0 unspecified atom stereocenters. The number of sulfonamides is 1. The van der Waals surface area contributed by atoms with Gasteiger partial charge in [-0.05, 0) is 25.5 Å². The SMILES string of the molecule is CCS(=O)(=O)N(C)CCCNC(=NC)N(C)Cc1ccc(OC)cc1OC.I. The van der Waals surface area contributed by atoms with Gasteiger partial charge in [0.25, 0.3) is 0 Å². The van der Waals surface area contributed by atoms with Crippen LogP contribution in [0.25, 0.3) is 0 Å². The van der Waals surface area contributed by atoms with Gasteiger partial charge < -0.3 is 19.7 Å². The second-order valence-corrected chi connectivity index (χ2v) is 8.45. The average molecular weight is 528 g/mol. The van der Waals surface area contributed by atoms with Crippen LogP contribution in [-0.2, 0) is 16.6 Å². The van der Waals surface area contributed by atoms with Gasteiger partial charge in [-0.15, -0.1) is 24.0 Å². The van der Waals surface area contributed by atoms with Crippen LogP contribution in [0, 0.1) is 0 Å². The van der Waals surface area contributed by atoms with Crippen molar-refractivity contribution in [2.75, 3.05) is 54.2 Å². The third kappa shape index (κ3) is 8.00. The third-order valence-corrected chi connectivity index (χ3v) is 6.11. The van der Waals surface area contributed by atoms with E-state index in [1.807, 2.05) is 30.1 Å². The number of hydrogen-bond acceptors (Lipinski definition) is 5. The molecule has 1 aromatic rings. The summed E-state index contributed by atoms with van der Waals surface area (Å²) in [5.41, 5.74) is 1.01. The second-order valence-electron chi connectivity index (χ2n) is 6.08. The Kier molecular flexibility index (Phi) is 12.5. The Hall–Kier alpha value is -1.27. The van der Waals surface area contributed by atoms with E-state index in [1.54, 1.807) is 35.2 Å². The van der Waals surface area contributed by atoms with Gasteiger partial charge in [0.1, 0.15) is 11.5 Å². The van der Waals surface area contributed by atoms with Crippen LogP contribution in [0.5, 0.6) is 11.5 Å². The van der Waals surface area contributed by atoms with Crippen LogP contribution in [0.3, 0.4) is 0 Å². The number of halogens is 1. The van der Waals surface area contributed by atoms with Crippen LogP contribution in [0.1, 0.15) is 18.9 Å². The molecule has 0 radical (unpaired) electrons. The van der Waals surface area contributed by atoms with E-state index in [-0.39, 0.29) is 29.7 Å². The molecule has 10 heteroatoms. The minimum Gasteiger partial charge on any atom is -0.497 e. The zero-order valence-corrected chi connectivity index (χ0v) is 20.7. The molecule has 0 aliphatic heterocycles. The van der Waals surface area contributed by atoms with Gasteiger partial charge in [-0.2, -0.15) is 0 Å². The Balaban J connectivity index is 0.00000729. The number of rotatable bonds is 10. The molecule has 1 rings (SSSR count). The standard InChI is InChI=1S/C18H32N4O4S.HI/c1-7-27(23,24)22(4)12-8-11-20-18(19-2)21(3)14-15-9-10-16(25-5)13-17(15)26-6;/h9-10,13H,7-8,11-12,14H2,1-6H3,(H,19,20);1H. The van der Waals surface area contributed by atoms with E-state index in [0.717, 1.165) is 23.0 Å². The maximum atomic E-state index is 11.8. The summed E-state index contributed by atoms with van der Waals surface area (Å²) in [7, 11) is 5.38. The van der Waals surface area contributed by atoms with Gasteiger partial charge >= 0.3 is 0 Å². The van der Waals surface area contributed by atoms with Crippen molar-refractivity contribution in [1.29, 1.82) is 0 Å². The van der Waals surface area contributed by atoms with Crippen LogP contribution in [-0.4, -0.2) is 77.8 Å². The lowest BCUT2D eigenvalue weighted by Crippen LogP contribution is -2.40. The molecule has 28 heavy (non-hydrogen) atoms. The second kappa shape index (κ2) is 13.0. The number of guanidine groups is 1. The summed E-state index contributed by atoms with van der Waals surface area (Å²) < 4.78 is 35.6. The lowest BCUT2D eigenvalue weighted by atomic mass is 10.2. The minimum atomic E-state index is -3.13. The topological polar surface area (TPSA) is 83.5 Å². The van der Waals surface area contributed by atoms with Gasteiger partial charge in [0.2, 0.25) is 10.0 Å². The van der Waals surface area contributed by atoms with Crippen LogP contribution in [0.15, 0.2) is 23.2 Å². The Morgan fingerprint density at radius 3 is 2.43 bits per heavy atom. The monoisotopic (exact) mass is 528 g/mol. The summed E-state index contributed by atoms with van der Waals surface area (Å²) in [4.78, 5) is 6.27. The predicted molar refractivity (Wildman–Crippen MR) is 124 cm³/mol. The van der Waals surface area contributed by atoms with E-state index in [1.165, 1.54) is 4.31 Å². The molecule has 0 aliphatic rings. The van der Waals surface area contributed by atoms with E-state index in [9.17, 15) is 8.42 Å². The van der Waals surface area contributed by atoms with E-state index < -0.39 is 10.0 Å². The van der Waals surface area contributed by atoms with Crippen molar-refractivity contribution >= 4 is 40.0 Å². The molecular formula is C18H33IN4O4S. The normalized spacial score (nSPS) is 11.8. The van der Waals surface area contributed by atoms with Crippen molar-refractivity contribution in [1.82, 2.24) is 14.5 Å². The van der Waals surface area contributed by atoms with Crippen molar-refractivity contribution in [3.63, 3.8) is 0 Å². The number of aliphatic imine (C=N–C) groups is 1. The number of nitrogens with zero attached hydrogens (tertiary/aromatic N) is 3. The lowest BCUT2D eigenvalue weighted by molar-refractivity contribution is 0.382. The molecule has 0 saturated carbocycles. The first-order valence-corrected chi connectivity index (χ1v) is 10.5. The highest BCUT2D eigenvalue weighted by molar-refractivity contribution is 14.0. The lowest BCUT2D eigenvalue weighted by Gasteiger charge is -2.23. The summed E-state index contributed by atoms with van der Waals surface area (Å²) in [6, 6.07) is 5.71. The maximum Gasteiger partial charge on any atom is 0.213 e. The summed E-state index contributed by atoms with van der Waals surface area (Å²) in [6.07, 6.45) is 0.689. The van der Waals surface area contributed by atoms with Gasteiger partial charge in [0.05, 0.1) is 20.0 Å². The minimum absolute atomic E-state index is 0. The Morgan fingerprint density at radius 1 is 1.21 bits per heavy atom. The molecule has 0 aromatic heterocycles. The smallest absolute Gasteiger partial charge is 0.213 e. The van der Waals surface area contributed by atoms with Gasteiger partial charge in [-0.3, -0.25) is 4.99 Å². The van der Waals surface area contributed by atoms with Gasteiger partial charge in [0.15, 0.2) is 5.96 Å². The number of nitrogens with one attached hydrogen (secondary N) is 1. The molecule has 0 heterocycles. The van der Waals surface area contributed by atoms with E-state index >= 15 is 0 Å². The van der Waals surface area contributed by atoms with Crippen LogP contribution < -0.4 is 14.8 Å². The van der Waals surface area contributed by atoms with E-state index in [4.69, 9.17) is 9.47 Å². The predicted octanol–water partition coefficient (Wildman–Crippen LogP) is 2.00. The number of hydrogen-bond donors (Lipinski definition) is 1. The summed E-state index contributed by atoms with van der Waals surface area (Å²) >= 11 is 0. The fourth-order valence-electron chi connectivity index (χ4n) is 2.56. The number of benzene rings is 1. The molecule has 1 N–H and O–H groups in total. The number of methoxy groups -OCH3 is 2. The van der Waals surface area contributed by atoms with Gasteiger partial charge in [-0.25, -0.2) is 12.7 Å².